The molecule has 1 aromatic carbocycles. The van der Waals surface area contributed by atoms with Crippen molar-refractivity contribution in [3.05, 3.63) is 53.3 Å². The lowest BCUT2D eigenvalue weighted by Crippen LogP contribution is -2.33. The van der Waals surface area contributed by atoms with Gasteiger partial charge in [0.2, 0.25) is 0 Å². The molecule has 0 saturated heterocycles. The van der Waals surface area contributed by atoms with Gasteiger partial charge in [0, 0.05) is 24.8 Å². The molecule has 0 unspecified atom stereocenters. The van der Waals surface area contributed by atoms with Gasteiger partial charge < -0.3 is 11.1 Å². The number of guanidine groups is 1. The summed E-state index contributed by atoms with van der Waals surface area (Å²) in [6.45, 7) is 3.37. The summed E-state index contributed by atoms with van der Waals surface area (Å²) in [6, 6.07) is 10.3. The Labute approximate surface area is 119 Å². The average molecular weight is 271 g/mol. The largest absolute Gasteiger partial charge is 0.370 e. The molecular formula is C15H21N5. The number of rotatable bonds is 5. The van der Waals surface area contributed by atoms with Crippen molar-refractivity contribution in [1.29, 1.82) is 0 Å². The number of nitrogens with one attached hydrogen (secondary N) is 1. The summed E-state index contributed by atoms with van der Waals surface area (Å²) in [5.74, 6) is 0.476. The van der Waals surface area contributed by atoms with Gasteiger partial charge in [-0.15, -0.1) is 0 Å². The fraction of sp³-hybridized carbons (Fsp3) is 0.333. The number of aryl methyl sites for hydroxylation is 1. The van der Waals surface area contributed by atoms with E-state index in [0.29, 0.717) is 12.5 Å². The summed E-state index contributed by atoms with van der Waals surface area (Å²) in [4.78, 5) is 4.33. The summed E-state index contributed by atoms with van der Waals surface area (Å²) >= 11 is 0. The lowest BCUT2D eigenvalue weighted by atomic mass is 10.1. The zero-order valence-corrected chi connectivity index (χ0v) is 12.0. The minimum atomic E-state index is 0.476. The van der Waals surface area contributed by atoms with E-state index in [1.165, 1.54) is 5.56 Å². The van der Waals surface area contributed by atoms with Gasteiger partial charge in [0.1, 0.15) is 0 Å². The highest BCUT2D eigenvalue weighted by Crippen LogP contribution is 2.06. The zero-order chi connectivity index (χ0) is 14.4. The molecule has 0 spiro atoms. The Morgan fingerprint density at radius 1 is 1.35 bits per heavy atom. The maximum atomic E-state index is 5.85. The first kappa shape index (κ1) is 14.1. The molecule has 2 aromatic rings. The minimum absolute atomic E-state index is 0.476. The Hall–Kier alpha value is -2.30. The molecule has 0 saturated carbocycles. The molecular weight excluding hydrogens is 250 g/mol. The maximum absolute atomic E-state index is 5.85. The second kappa shape index (κ2) is 6.75. The highest BCUT2D eigenvalue weighted by Gasteiger charge is 2.02. The summed E-state index contributed by atoms with van der Waals surface area (Å²) in [7, 11) is 1.92. The van der Waals surface area contributed by atoms with Crippen molar-refractivity contribution >= 4 is 5.96 Å². The van der Waals surface area contributed by atoms with Gasteiger partial charge in [0.05, 0.1) is 12.7 Å². The molecule has 0 bridgehead atoms. The lowest BCUT2D eigenvalue weighted by Gasteiger charge is -2.05. The molecule has 0 atom stereocenters. The summed E-state index contributed by atoms with van der Waals surface area (Å²) in [5, 5.41) is 7.31. The van der Waals surface area contributed by atoms with E-state index in [4.69, 9.17) is 5.73 Å². The summed E-state index contributed by atoms with van der Waals surface area (Å²) < 4.78 is 1.84. The van der Waals surface area contributed by atoms with Gasteiger partial charge in [-0.05, 0) is 18.9 Å². The van der Waals surface area contributed by atoms with Crippen molar-refractivity contribution in [2.75, 3.05) is 6.54 Å². The Bertz CT molecular complexity index is 571. The van der Waals surface area contributed by atoms with Crippen LogP contribution in [0, 0.1) is 6.92 Å². The van der Waals surface area contributed by atoms with E-state index in [9.17, 15) is 0 Å². The van der Waals surface area contributed by atoms with Gasteiger partial charge in [-0.2, -0.15) is 5.10 Å². The Morgan fingerprint density at radius 3 is 2.75 bits per heavy atom. The number of aliphatic imine (C=N–C) groups is 1. The highest BCUT2D eigenvalue weighted by molar-refractivity contribution is 5.77. The monoisotopic (exact) mass is 271 g/mol. The first-order chi connectivity index (χ1) is 9.66. The molecule has 0 aliphatic heterocycles. The van der Waals surface area contributed by atoms with Crippen molar-refractivity contribution in [3.8, 4) is 0 Å². The van der Waals surface area contributed by atoms with E-state index < -0.39 is 0 Å². The lowest BCUT2D eigenvalue weighted by molar-refractivity contribution is 0.737. The Morgan fingerprint density at radius 2 is 2.10 bits per heavy atom. The van der Waals surface area contributed by atoms with Crippen LogP contribution in [0.25, 0.3) is 0 Å². The Balaban J connectivity index is 1.78. The third-order valence-electron chi connectivity index (χ3n) is 3.32. The van der Waals surface area contributed by atoms with Gasteiger partial charge in [-0.1, -0.05) is 30.3 Å². The molecule has 3 N–H and O–H groups in total. The maximum Gasteiger partial charge on any atom is 0.188 e. The Kier molecular flexibility index (Phi) is 4.76. The average Bonchev–Trinajstić information content (AvgIpc) is 2.78. The van der Waals surface area contributed by atoms with Gasteiger partial charge in [-0.3, -0.25) is 4.68 Å². The van der Waals surface area contributed by atoms with Crippen LogP contribution in [0.1, 0.15) is 16.8 Å². The summed E-state index contributed by atoms with van der Waals surface area (Å²) in [6.07, 6.45) is 2.76. The molecule has 106 valence electrons. The minimum Gasteiger partial charge on any atom is -0.370 e. The smallest absolute Gasteiger partial charge is 0.188 e. The van der Waals surface area contributed by atoms with Crippen LogP contribution >= 0.6 is 0 Å². The van der Waals surface area contributed by atoms with Crippen molar-refractivity contribution < 1.29 is 0 Å². The van der Waals surface area contributed by atoms with Crippen molar-refractivity contribution in [1.82, 2.24) is 15.1 Å². The molecule has 20 heavy (non-hydrogen) atoms. The van der Waals surface area contributed by atoms with Gasteiger partial charge in [-0.25, -0.2) is 4.99 Å². The molecule has 0 radical (unpaired) electrons. The normalized spacial score (nSPS) is 11.6. The number of benzene rings is 1. The molecule has 5 heteroatoms. The second-order valence-corrected chi connectivity index (χ2v) is 4.74. The van der Waals surface area contributed by atoms with Gasteiger partial charge in [0.15, 0.2) is 5.96 Å². The van der Waals surface area contributed by atoms with E-state index in [1.807, 2.05) is 43.0 Å². The van der Waals surface area contributed by atoms with Gasteiger partial charge in [0.25, 0.3) is 0 Å². The molecule has 0 amide bonds. The molecule has 1 aromatic heterocycles. The molecule has 0 fully saturated rings. The molecule has 0 aliphatic carbocycles. The second-order valence-electron chi connectivity index (χ2n) is 4.74. The van der Waals surface area contributed by atoms with Gasteiger partial charge >= 0.3 is 0 Å². The first-order valence-electron chi connectivity index (χ1n) is 6.72. The van der Waals surface area contributed by atoms with E-state index in [2.05, 4.69) is 27.5 Å². The van der Waals surface area contributed by atoms with Crippen LogP contribution in [0.2, 0.25) is 0 Å². The van der Waals surface area contributed by atoms with E-state index in [0.717, 1.165) is 24.2 Å². The third kappa shape index (κ3) is 3.85. The first-order valence-corrected chi connectivity index (χ1v) is 6.72. The van der Waals surface area contributed by atoms with Crippen molar-refractivity contribution in [2.45, 2.75) is 19.9 Å². The fourth-order valence-electron chi connectivity index (χ4n) is 1.91. The topological polar surface area (TPSA) is 68.2 Å². The number of nitrogens with zero attached hydrogens (tertiary/aromatic N) is 3. The van der Waals surface area contributed by atoms with Crippen LogP contribution in [-0.2, 0) is 20.0 Å². The van der Waals surface area contributed by atoms with Crippen LogP contribution in [0.4, 0.5) is 0 Å². The number of nitrogens with two attached hydrogens (primary N) is 1. The van der Waals surface area contributed by atoms with Crippen LogP contribution < -0.4 is 11.1 Å². The van der Waals surface area contributed by atoms with Crippen molar-refractivity contribution in [3.63, 3.8) is 0 Å². The predicted octanol–water partition coefficient (Wildman–Crippen LogP) is 1.38. The summed E-state index contributed by atoms with van der Waals surface area (Å²) in [5.41, 5.74) is 9.36. The SMILES string of the molecule is Cc1c(CN=C(N)NCCc2ccccc2)cnn1C. The van der Waals surface area contributed by atoms with E-state index in [-0.39, 0.29) is 0 Å². The van der Waals surface area contributed by atoms with E-state index in [1.54, 1.807) is 0 Å². The van der Waals surface area contributed by atoms with Crippen LogP contribution in [0.3, 0.4) is 0 Å². The molecule has 1 heterocycles. The fourth-order valence-corrected chi connectivity index (χ4v) is 1.91. The number of hydrogen-bond donors (Lipinski definition) is 2. The predicted molar refractivity (Wildman–Crippen MR) is 81.4 cm³/mol. The van der Waals surface area contributed by atoms with Crippen LogP contribution in [-0.4, -0.2) is 22.3 Å². The number of aromatic nitrogens is 2. The number of hydrogen-bond acceptors (Lipinski definition) is 2. The molecule has 5 nitrogen and oxygen atoms in total. The highest BCUT2D eigenvalue weighted by atomic mass is 15.3. The molecule has 0 aliphatic rings. The third-order valence-corrected chi connectivity index (χ3v) is 3.32. The van der Waals surface area contributed by atoms with Crippen molar-refractivity contribution in [2.24, 2.45) is 17.8 Å². The zero-order valence-electron chi connectivity index (χ0n) is 12.0. The van der Waals surface area contributed by atoms with Crippen LogP contribution in [0.5, 0.6) is 0 Å². The van der Waals surface area contributed by atoms with Crippen LogP contribution in [0.15, 0.2) is 41.5 Å². The van der Waals surface area contributed by atoms with E-state index >= 15 is 0 Å². The quantitative estimate of drug-likeness (QED) is 0.637. The molecule has 2 rings (SSSR count). The standard InChI is InChI=1S/C15H21N5/c1-12-14(11-19-20(12)2)10-18-15(16)17-9-8-13-6-4-3-5-7-13/h3-7,11H,8-10H2,1-2H3,(H3,16,17,18).